The van der Waals surface area contributed by atoms with Crippen LogP contribution in [-0.4, -0.2) is 54.5 Å². The van der Waals surface area contributed by atoms with Gasteiger partial charge in [0.1, 0.15) is 18.0 Å². The van der Waals surface area contributed by atoms with Crippen molar-refractivity contribution < 1.29 is 9.84 Å². The molecule has 0 amide bonds. The molecule has 1 fully saturated rings. The van der Waals surface area contributed by atoms with Gasteiger partial charge in [-0.3, -0.25) is 0 Å². The molecule has 22 heavy (non-hydrogen) atoms. The summed E-state index contributed by atoms with van der Waals surface area (Å²) >= 11 is 0. The Balaban J connectivity index is 1.80. The molecule has 1 aromatic rings. The zero-order valence-electron chi connectivity index (χ0n) is 13.1. The Morgan fingerprint density at radius 3 is 3.18 bits per heavy atom. The maximum atomic E-state index is 9.32. The fourth-order valence-electron chi connectivity index (χ4n) is 2.56. The molecule has 6 nitrogen and oxygen atoms in total. The van der Waals surface area contributed by atoms with E-state index in [1.54, 1.807) is 6.33 Å². The number of nitrogens with one attached hydrogen (secondary N) is 1. The van der Waals surface area contributed by atoms with E-state index in [0.717, 1.165) is 44.0 Å². The summed E-state index contributed by atoms with van der Waals surface area (Å²) in [6.07, 6.45) is 6.49. The quantitative estimate of drug-likeness (QED) is 0.534. The van der Waals surface area contributed by atoms with Crippen molar-refractivity contribution in [2.24, 2.45) is 5.92 Å². The lowest BCUT2D eigenvalue weighted by molar-refractivity contribution is 0.149. The van der Waals surface area contributed by atoms with Gasteiger partial charge in [-0.1, -0.05) is 6.08 Å². The highest BCUT2D eigenvalue weighted by Crippen LogP contribution is 2.22. The molecule has 2 heterocycles. The summed E-state index contributed by atoms with van der Waals surface area (Å²) in [5.74, 6) is 2.07. The number of aromatic nitrogens is 2. The van der Waals surface area contributed by atoms with Gasteiger partial charge in [-0.25, -0.2) is 9.97 Å². The molecule has 0 spiro atoms. The number of hydrogen-bond acceptors (Lipinski definition) is 6. The van der Waals surface area contributed by atoms with E-state index in [1.807, 2.05) is 12.1 Å². The van der Waals surface area contributed by atoms with E-state index in [1.165, 1.54) is 0 Å². The van der Waals surface area contributed by atoms with Crippen molar-refractivity contribution in [1.82, 2.24) is 9.97 Å². The van der Waals surface area contributed by atoms with Gasteiger partial charge in [-0.05, 0) is 25.2 Å². The van der Waals surface area contributed by atoms with Crippen LogP contribution in [0.25, 0.3) is 0 Å². The third-order valence-electron chi connectivity index (χ3n) is 3.77. The molecule has 1 aromatic heterocycles. The molecule has 1 aliphatic heterocycles. The fraction of sp³-hybridized carbons (Fsp3) is 0.625. The van der Waals surface area contributed by atoms with Crippen LogP contribution in [0.1, 0.15) is 19.3 Å². The summed E-state index contributed by atoms with van der Waals surface area (Å²) in [7, 11) is 0. The molecular formula is C16H26N4O2. The number of piperidine rings is 1. The molecule has 0 aliphatic carbocycles. The van der Waals surface area contributed by atoms with E-state index in [-0.39, 0.29) is 6.61 Å². The summed E-state index contributed by atoms with van der Waals surface area (Å²) in [6, 6.07) is 1.96. The Labute approximate surface area is 132 Å². The predicted molar refractivity (Wildman–Crippen MR) is 88.2 cm³/mol. The Hall–Kier alpha value is -1.66. The molecule has 2 rings (SSSR count). The molecule has 6 heteroatoms. The average Bonchev–Trinajstić information content (AvgIpc) is 2.58. The van der Waals surface area contributed by atoms with Gasteiger partial charge in [0.05, 0.1) is 13.2 Å². The number of aliphatic hydroxyl groups is 1. The lowest BCUT2D eigenvalue weighted by Gasteiger charge is -2.32. The maximum Gasteiger partial charge on any atom is 0.134 e. The molecule has 2 N–H and O–H groups in total. The van der Waals surface area contributed by atoms with Crippen LogP contribution < -0.4 is 10.2 Å². The average molecular weight is 306 g/mol. The number of nitrogens with zero attached hydrogens (tertiary/aromatic N) is 3. The SMILES string of the molecule is C=CCCOCCNc1cc(N2CCCC(CO)C2)ncn1. The highest BCUT2D eigenvalue weighted by Gasteiger charge is 2.20. The first kappa shape index (κ1) is 16.7. The van der Waals surface area contributed by atoms with E-state index >= 15 is 0 Å². The van der Waals surface area contributed by atoms with Crippen molar-refractivity contribution in [3.63, 3.8) is 0 Å². The number of hydrogen-bond donors (Lipinski definition) is 2. The van der Waals surface area contributed by atoms with Crippen molar-refractivity contribution in [2.75, 3.05) is 49.7 Å². The van der Waals surface area contributed by atoms with Gasteiger partial charge in [0.15, 0.2) is 0 Å². The van der Waals surface area contributed by atoms with Crippen molar-refractivity contribution in [1.29, 1.82) is 0 Å². The first-order chi connectivity index (χ1) is 10.8. The van der Waals surface area contributed by atoms with Gasteiger partial charge in [-0.15, -0.1) is 6.58 Å². The highest BCUT2D eigenvalue weighted by atomic mass is 16.5. The van der Waals surface area contributed by atoms with Crippen LogP contribution in [0.15, 0.2) is 25.0 Å². The minimum absolute atomic E-state index is 0.245. The summed E-state index contributed by atoms with van der Waals surface area (Å²) < 4.78 is 5.46. The standard InChI is InChI=1S/C16H26N4O2/c1-2-3-8-22-9-6-17-15-10-16(19-13-18-15)20-7-4-5-14(11-20)12-21/h2,10,13-14,21H,1,3-9,11-12H2,(H,17,18,19). The summed E-state index contributed by atoms with van der Waals surface area (Å²) in [4.78, 5) is 10.8. The van der Waals surface area contributed by atoms with Crippen LogP contribution in [0.4, 0.5) is 11.6 Å². The van der Waals surface area contributed by atoms with Crippen molar-refractivity contribution in [3.8, 4) is 0 Å². The second kappa shape index (κ2) is 9.38. The highest BCUT2D eigenvalue weighted by molar-refractivity contribution is 5.48. The summed E-state index contributed by atoms with van der Waals surface area (Å²) in [5, 5.41) is 12.6. The summed E-state index contributed by atoms with van der Waals surface area (Å²) in [6.45, 7) is 7.81. The van der Waals surface area contributed by atoms with Crippen LogP contribution in [-0.2, 0) is 4.74 Å². The molecule has 0 radical (unpaired) electrons. The van der Waals surface area contributed by atoms with Gasteiger partial charge < -0.3 is 20.1 Å². The van der Waals surface area contributed by atoms with Crippen molar-refractivity contribution in [2.45, 2.75) is 19.3 Å². The number of rotatable bonds is 9. The topological polar surface area (TPSA) is 70.5 Å². The number of aliphatic hydroxyl groups excluding tert-OH is 1. The van der Waals surface area contributed by atoms with Gasteiger partial charge in [0.25, 0.3) is 0 Å². The Morgan fingerprint density at radius 1 is 1.45 bits per heavy atom. The molecule has 1 atom stereocenters. The normalized spacial score (nSPS) is 18.2. The van der Waals surface area contributed by atoms with E-state index in [9.17, 15) is 5.11 Å². The minimum atomic E-state index is 0.245. The third kappa shape index (κ3) is 5.27. The smallest absolute Gasteiger partial charge is 0.134 e. The zero-order chi connectivity index (χ0) is 15.6. The Morgan fingerprint density at radius 2 is 2.36 bits per heavy atom. The number of ether oxygens (including phenoxy) is 1. The van der Waals surface area contributed by atoms with E-state index in [0.29, 0.717) is 25.7 Å². The molecule has 122 valence electrons. The zero-order valence-corrected chi connectivity index (χ0v) is 13.1. The molecule has 0 bridgehead atoms. The molecule has 1 aliphatic rings. The van der Waals surface area contributed by atoms with Crippen LogP contribution >= 0.6 is 0 Å². The van der Waals surface area contributed by atoms with E-state index in [4.69, 9.17) is 4.74 Å². The second-order valence-corrected chi connectivity index (χ2v) is 5.51. The second-order valence-electron chi connectivity index (χ2n) is 5.51. The lowest BCUT2D eigenvalue weighted by atomic mass is 9.99. The monoisotopic (exact) mass is 306 g/mol. The van der Waals surface area contributed by atoms with Crippen LogP contribution in [0.5, 0.6) is 0 Å². The fourth-order valence-corrected chi connectivity index (χ4v) is 2.56. The Bertz CT molecular complexity index is 456. The van der Waals surface area contributed by atoms with Gasteiger partial charge in [0, 0.05) is 32.3 Å². The largest absolute Gasteiger partial charge is 0.396 e. The third-order valence-corrected chi connectivity index (χ3v) is 3.77. The summed E-state index contributed by atoms with van der Waals surface area (Å²) in [5.41, 5.74) is 0. The van der Waals surface area contributed by atoms with Gasteiger partial charge in [-0.2, -0.15) is 0 Å². The first-order valence-electron chi connectivity index (χ1n) is 7.94. The van der Waals surface area contributed by atoms with Gasteiger partial charge in [0.2, 0.25) is 0 Å². The van der Waals surface area contributed by atoms with Crippen molar-refractivity contribution >= 4 is 11.6 Å². The molecule has 0 saturated carbocycles. The lowest BCUT2D eigenvalue weighted by Crippen LogP contribution is -2.37. The predicted octanol–water partition coefficient (Wildman–Crippen LogP) is 1.69. The first-order valence-corrected chi connectivity index (χ1v) is 7.94. The molecule has 1 unspecified atom stereocenters. The molecule has 0 aromatic carbocycles. The van der Waals surface area contributed by atoms with Crippen molar-refractivity contribution in [3.05, 3.63) is 25.0 Å². The van der Waals surface area contributed by atoms with Crippen LogP contribution in [0, 0.1) is 5.92 Å². The molecule has 1 saturated heterocycles. The minimum Gasteiger partial charge on any atom is -0.396 e. The van der Waals surface area contributed by atoms with E-state index in [2.05, 4.69) is 26.8 Å². The number of anilines is 2. The van der Waals surface area contributed by atoms with Crippen LogP contribution in [0.3, 0.4) is 0 Å². The van der Waals surface area contributed by atoms with Crippen LogP contribution in [0.2, 0.25) is 0 Å². The van der Waals surface area contributed by atoms with Gasteiger partial charge >= 0.3 is 0 Å². The van der Waals surface area contributed by atoms with E-state index < -0.39 is 0 Å². The maximum absolute atomic E-state index is 9.32. The molecular weight excluding hydrogens is 280 g/mol. The Kier molecular flexibility index (Phi) is 7.12.